The molecule has 0 spiro atoms. The lowest BCUT2D eigenvalue weighted by molar-refractivity contribution is -0.274. The van der Waals surface area contributed by atoms with Gasteiger partial charge in [0.1, 0.15) is 5.75 Å². The molecule has 0 aliphatic rings. The Hall–Kier alpha value is -2.38. The maximum atomic E-state index is 12.3. The van der Waals surface area contributed by atoms with Gasteiger partial charge in [-0.2, -0.15) is 8.78 Å². The molecule has 0 radical (unpaired) electrons. The van der Waals surface area contributed by atoms with Crippen molar-refractivity contribution in [3.05, 3.63) is 48.5 Å². The number of anilines is 1. The van der Waals surface area contributed by atoms with Crippen LogP contribution in [0.4, 0.5) is 27.6 Å². The molecule has 2 aromatic rings. The Balaban J connectivity index is 1.84. The topological polar surface area (TPSA) is 84.5 Å². The summed E-state index contributed by atoms with van der Waals surface area (Å²) in [5.74, 6) is -3.66. The third kappa shape index (κ3) is 8.16. The Bertz CT molecular complexity index is 950. The Kier molecular flexibility index (Phi) is 8.03. The lowest BCUT2D eigenvalue weighted by Gasteiger charge is -2.10. The van der Waals surface area contributed by atoms with Gasteiger partial charge in [0.05, 0.1) is 4.90 Å². The van der Waals surface area contributed by atoms with Gasteiger partial charge < -0.3 is 10.1 Å². The Morgan fingerprint density at radius 2 is 1.63 bits per heavy atom. The maximum Gasteiger partial charge on any atom is 0.573 e. The number of ether oxygens (including phenoxy) is 1. The number of amides is 1. The zero-order valence-corrected chi connectivity index (χ0v) is 16.6. The van der Waals surface area contributed by atoms with E-state index in [4.69, 9.17) is 0 Å². The minimum Gasteiger partial charge on any atom is -0.406 e. The number of nitrogens with one attached hydrogen (secondary N) is 2. The Morgan fingerprint density at radius 1 is 1.03 bits per heavy atom. The van der Waals surface area contributed by atoms with Crippen LogP contribution in [0.5, 0.6) is 5.75 Å². The van der Waals surface area contributed by atoms with E-state index in [2.05, 4.69) is 14.8 Å². The average molecular weight is 470 g/mol. The van der Waals surface area contributed by atoms with E-state index in [0.717, 1.165) is 24.3 Å². The number of thioether (sulfide) groups is 1. The molecule has 0 unspecified atom stereocenters. The molecule has 1 amide bonds. The molecule has 0 saturated heterocycles. The Labute approximate surface area is 172 Å². The molecule has 0 aliphatic heterocycles. The van der Waals surface area contributed by atoms with Crippen LogP contribution in [0.15, 0.2) is 58.3 Å². The van der Waals surface area contributed by atoms with Crippen LogP contribution in [0, 0.1) is 0 Å². The van der Waals surface area contributed by atoms with Crippen LogP contribution < -0.4 is 14.8 Å². The highest BCUT2D eigenvalue weighted by Crippen LogP contribution is 2.26. The van der Waals surface area contributed by atoms with Gasteiger partial charge in [0.15, 0.2) is 0 Å². The molecule has 0 aliphatic carbocycles. The highest BCUT2D eigenvalue weighted by molar-refractivity contribution is 7.99. The minimum absolute atomic E-state index is 0.234. The van der Waals surface area contributed by atoms with Crippen LogP contribution in [0.3, 0.4) is 0 Å². The smallest absolute Gasteiger partial charge is 0.406 e. The van der Waals surface area contributed by atoms with Crippen LogP contribution in [-0.4, -0.2) is 33.0 Å². The standard InChI is InChI=1S/C17H15F5N2O4S2/c18-16(19)29-13-5-1-11(2-6-13)24-15(25)9-10-23-30(26,27)14-7-3-12(4-8-14)28-17(20,21)22/h1-8,16,23H,9-10H2,(H,24,25). The van der Waals surface area contributed by atoms with E-state index in [1.807, 2.05) is 0 Å². The van der Waals surface area contributed by atoms with E-state index in [9.17, 15) is 35.2 Å². The molecular formula is C17H15F5N2O4S2. The van der Waals surface area contributed by atoms with Gasteiger partial charge in [0, 0.05) is 23.5 Å². The van der Waals surface area contributed by atoms with E-state index in [0.29, 0.717) is 22.3 Å². The van der Waals surface area contributed by atoms with Gasteiger partial charge in [-0.15, -0.1) is 13.2 Å². The second-order valence-electron chi connectivity index (χ2n) is 5.62. The number of carbonyl (C=O) groups is 1. The van der Waals surface area contributed by atoms with Crippen molar-refractivity contribution < 1.29 is 39.9 Å². The lowest BCUT2D eigenvalue weighted by atomic mass is 10.3. The van der Waals surface area contributed by atoms with Crippen molar-refractivity contribution in [3.63, 3.8) is 0 Å². The van der Waals surface area contributed by atoms with Crippen molar-refractivity contribution in [2.24, 2.45) is 0 Å². The van der Waals surface area contributed by atoms with Crippen molar-refractivity contribution >= 4 is 33.4 Å². The van der Waals surface area contributed by atoms with Crippen molar-refractivity contribution in [2.75, 3.05) is 11.9 Å². The molecule has 0 aromatic heterocycles. The second-order valence-corrected chi connectivity index (χ2v) is 8.45. The van der Waals surface area contributed by atoms with Crippen LogP contribution in [0.25, 0.3) is 0 Å². The maximum absolute atomic E-state index is 12.3. The molecule has 30 heavy (non-hydrogen) atoms. The number of halogens is 5. The molecule has 2 aromatic carbocycles. The number of hydrogen-bond acceptors (Lipinski definition) is 5. The SMILES string of the molecule is O=C(CCNS(=O)(=O)c1ccc(OC(F)(F)F)cc1)Nc1ccc(SC(F)F)cc1. The molecule has 2 N–H and O–H groups in total. The van der Waals surface area contributed by atoms with E-state index in [1.54, 1.807) is 0 Å². The first-order chi connectivity index (χ1) is 13.9. The van der Waals surface area contributed by atoms with Gasteiger partial charge in [0.2, 0.25) is 15.9 Å². The first-order valence-corrected chi connectivity index (χ1v) is 10.5. The number of benzene rings is 2. The number of sulfonamides is 1. The number of rotatable bonds is 9. The van der Waals surface area contributed by atoms with Crippen LogP contribution in [-0.2, 0) is 14.8 Å². The fraction of sp³-hybridized carbons (Fsp3) is 0.235. The zero-order chi connectivity index (χ0) is 22.4. The quantitative estimate of drug-likeness (QED) is 0.424. The zero-order valence-electron chi connectivity index (χ0n) is 14.9. The number of alkyl halides is 5. The summed E-state index contributed by atoms with van der Waals surface area (Å²) in [6.45, 7) is -0.270. The highest BCUT2D eigenvalue weighted by Gasteiger charge is 2.31. The summed E-state index contributed by atoms with van der Waals surface area (Å²) in [6, 6.07) is 9.23. The lowest BCUT2D eigenvalue weighted by Crippen LogP contribution is -2.27. The number of hydrogen-bond donors (Lipinski definition) is 2. The first kappa shape index (κ1) is 23.9. The summed E-state index contributed by atoms with van der Waals surface area (Å²) in [7, 11) is -4.05. The fourth-order valence-electron chi connectivity index (χ4n) is 2.15. The van der Waals surface area contributed by atoms with E-state index in [-0.39, 0.29) is 17.9 Å². The van der Waals surface area contributed by atoms with Crippen LogP contribution in [0.1, 0.15) is 6.42 Å². The summed E-state index contributed by atoms with van der Waals surface area (Å²) in [6.07, 6.45) is -5.13. The molecule has 0 saturated carbocycles. The highest BCUT2D eigenvalue weighted by atomic mass is 32.2. The number of carbonyl (C=O) groups excluding carboxylic acids is 1. The molecule has 0 fully saturated rings. The van der Waals surface area contributed by atoms with Gasteiger partial charge in [-0.25, -0.2) is 13.1 Å². The fourth-order valence-corrected chi connectivity index (χ4v) is 3.68. The molecule has 0 heterocycles. The molecule has 13 heteroatoms. The van der Waals surface area contributed by atoms with Crippen LogP contribution in [0.2, 0.25) is 0 Å². The van der Waals surface area contributed by atoms with Gasteiger partial charge in [-0.3, -0.25) is 4.79 Å². The molecule has 164 valence electrons. The average Bonchev–Trinajstić information content (AvgIpc) is 2.62. The summed E-state index contributed by atoms with van der Waals surface area (Å²) >= 11 is 0.358. The van der Waals surface area contributed by atoms with Crippen LogP contribution >= 0.6 is 11.8 Å². The third-order valence-electron chi connectivity index (χ3n) is 3.37. The summed E-state index contributed by atoms with van der Waals surface area (Å²) < 4.78 is 90.9. The van der Waals surface area contributed by atoms with Crippen molar-refractivity contribution in [1.82, 2.24) is 4.72 Å². The van der Waals surface area contributed by atoms with Gasteiger partial charge in [-0.05, 0) is 48.5 Å². The Morgan fingerprint density at radius 3 is 2.17 bits per heavy atom. The molecular weight excluding hydrogens is 455 g/mol. The third-order valence-corrected chi connectivity index (χ3v) is 5.57. The van der Waals surface area contributed by atoms with Crippen molar-refractivity contribution in [3.8, 4) is 5.75 Å². The molecule has 6 nitrogen and oxygen atoms in total. The summed E-state index contributed by atoms with van der Waals surface area (Å²) in [5.41, 5.74) is 0.349. The summed E-state index contributed by atoms with van der Waals surface area (Å²) in [5, 5.41) is 2.48. The largest absolute Gasteiger partial charge is 0.573 e. The van der Waals surface area contributed by atoms with Crippen molar-refractivity contribution in [1.29, 1.82) is 0 Å². The van der Waals surface area contributed by atoms with Gasteiger partial charge in [-0.1, -0.05) is 11.8 Å². The van der Waals surface area contributed by atoms with E-state index >= 15 is 0 Å². The first-order valence-electron chi connectivity index (χ1n) is 8.15. The normalized spacial score (nSPS) is 12.1. The second kappa shape index (κ2) is 10.1. The predicted molar refractivity (Wildman–Crippen MR) is 99.9 cm³/mol. The van der Waals surface area contributed by atoms with E-state index in [1.165, 1.54) is 24.3 Å². The predicted octanol–water partition coefficient (Wildman–Crippen LogP) is 4.21. The molecule has 0 bridgehead atoms. The van der Waals surface area contributed by atoms with Gasteiger partial charge in [0.25, 0.3) is 5.76 Å². The summed E-state index contributed by atoms with van der Waals surface area (Å²) in [4.78, 5) is 11.9. The molecule has 0 atom stereocenters. The minimum atomic E-state index is -4.89. The van der Waals surface area contributed by atoms with E-state index < -0.39 is 33.8 Å². The van der Waals surface area contributed by atoms with Gasteiger partial charge >= 0.3 is 6.36 Å². The van der Waals surface area contributed by atoms with Crippen molar-refractivity contribution in [2.45, 2.75) is 28.3 Å². The monoisotopic (exact) mass is 470 g/mol. The molecule has 2 rings (SSSR count).